The zero-order chi connectivity index (χ0) is 14.9. The van der Waals surface area contributed by atoms with Crippen molar-refractivity contribution >= 4 is 0 Å². The van der Waals surface area contributed by atoms with Crippen molar-refractivity contribution in [2.75, 3.05) is 13.1 Å². The molecule has 0 saturated heterocycles. The van der Waals surface area contributed by atoms with E-state index in [4.69, 9.17) is 0 Å². The number of hydrogen-bond acceptors (Lipinski definition) is 4. The maximum atomic E-state index is 12.7. The largest absolute Gasteiger partial charge is 0.451 e. The van der Waals surface area contributed by atoms with Crippen molar-refractivity contribution < 1.29 is 13.2 Å². The fraction of sp³-hybridized carbons (Fsp3) is 0.833. The van der Waals surface area contributed by atoms with Crippen molar-refractivity contribution in [3.63, 3.8) is 0 Å². The van der Waals surface area contributed by atoms with Crippen LogP contribution < -0.4 is 5.32 Å². The summed E-state index contributed by atoms with van der Waals surface area (Å²) in [5.41, 5.74) is 0. The monoisotopic (exact) mass is 291 g/mol. The van der Waals surface area contributed by atoms with Gasteiger partial charge in [0, 0.05) is 31.7 Å². The van der Waals surface area contributed by atoms with Crippen LogP contribution in [0.2, 0.25) is 0 Å². The van der Waals surface area contributed by atoms with E-state index in [0.29, 0.717) is 25.0 Å². The van der Waals surface area contributed by atoms with E-state index in [1.54, 1.807) is 0 Å². The van der Waals surface area contributed by atoms with Crippen molar-refractivity contribution in [3.8, 4) is 0 Å². The van der Waals surface area contributed by atoms with E-state index in [-0.39, 0.29) is 12.6 Å². The normalized spacial score (nSPS) is 18.4. The molecule has 0 aromatic carbocycles. The van der Waals surface area contributed by atoms with Crippen molar-refractivity contribution in [1.29, 1.82) is 0 Å². The van der Waals surface area contributed by atoms with Gasteiger partial charge >= 0.3 is 6.18 Å². The van der Waals surface area contributed by atoms with Crippen LogP contribution >= 0.6 is 0 Å². The summed E-state index contributed by atoms with van der Waals surface area (Å²) in [6, 6.07) is 0.639. The van der Waals surface area contributed by atoms with Crippen molar-refractivity contribution in [2.45, 2.75) is 52.1 Å². The Morgan fingerprint density at radius 3 is 2.50 bits per heavy atom. The molecular weight excluding hydrogens is 271 g/mol. The summed E-state index contributed by atoms with van der Waals surface area (Å²) in [4.78, 5) is 2.12. The van der Waals surface area contributed by atoms with Gasteiger partial charge in [0.15, 0.2) is 0 Å². The third-order valence-corrected chi connectivity index (χ3v) is 3.48. The summed E-state index contributed by atoms with van der Waals surface area (Å²) in [5.74, 6) is -0.500. The van der Waals surface area contributed by atoms with Gasteiger partial charge in [-0.15, -0.1) is 10.2 Å². The van der Waals surface area contributed by atoms with Crippen molar-refractivity contribution in [1.82, 2.24) is 25.0 Å². The van der Waals surface area contributed by atoms with Crippen LogP contribution in [0.3, 0.4) is 0 Å². The second-order valence-corrected chi connectivity index (χ2v) is 5.47. The first-order valence-corrected chi connectivity index (χ1v) is 6.75. The van der Waals surface area contributed by atoms with E-state index in [0.717, 1.165) is 6.54 Å². The molecule has 1 atom stereocenters. The summed E-state index contributed by atoms with van der Waals surface area (Å²) >= 11 is 0. The molecule has 1 aliphatic heterocycles. The average Bonchev–Trinajstić information content (AvgIpc) is 2.78. The van der Waals surface area contributed by atoms with Crippen LogP contribution in [0, 0.1) is 0 Å². The lowest BCUT2D eigenvalue weighted by Crippen LogP contribution is -2.46. The van der Waals surface area contributed by atoms with Crippen LogP contribution in [0.25, 0.3) is 0 Å². The molecule has 0 amide bonds. The smallest absolute Gasteiger partial charge is 0.313 e. The fourth-order valence-electron chi connectivity index (χ4n) is 2.30. The van der Waals surface area contributed by atoms with Crippen LogP contribution in [-0.2, 0) is 19.3 Å². The molecule has 1 unspecified atom stereocenters. The predicted molar refractivity (Wildman–Crippen MR) is 68.0 cm³/mol. The lowest BCUT2D eigenvalue weighted by atomic mass is 10.2. The Kier molecular flexibility index (Phi) is 4.33. The molecule has 1 N–H and O–H groups in total. The van der Waals surface area contributed by atoms with Crippen LogP contribution in [0.1, 0.15) is 32.4 Å². The molecule has 0 fully saturated rings. The van der Waals surface area contributed by atoms with E-state index in [2.05, 4.69) is 41.2 Å². The molecule has 2 rings (SSSR count). The molecule has 0 aliphatic carbocycles. The Hall–Kier alpha value is -1.15. The Bertz CT molecular complexity index is 454. The van der Waals surface area contributed by atoms with Gasteiger partial charge in [0.25, 0.3) is 0 Å². The maximum absolute atomic E-state index is 12.7. The van der Waals surface area contributed by atoms with Crippen LogP contribution in [-0.4, -0.2) is 44.8 Å². The minimum Gasteiger partial charge on any atom is -0.313 e. The van der Waals surface area contributed by atoms with E-state index in [1.807, 2.05) is 0 Å². The molecule has 5 nitrogen and oxygen atoms in total. The number of nitrogens with one attached hydrogen (secondary N) is 1. The summed E-state index contributed by atoms with van der Waals surface area (Å²) in [6.45, 7) is 8.26. The van der Waals surface area contributed by atoms with E-state index < -0.39 is 12.0 Å². The highest BCUT2D eigenvalue weighted by atomic mass is 19.4. The molecule has 2 heterocycles. The van der Waals surface area contributed by atoms with Gasteiger partial charge in [0.1, 0.15) is 5.82 Å². The Labute approximate surface area is 116 Å². The summed E-state index contributed by atoms with van der Waals surface area (Å²) in [5, 5.41) is 10.3. The van der Waals surface area contributed by atoms with E-state index in [9.17, 15) is 13.2 Å². The number of nitrogens with zero attached hydrogens (tertiary/aromatic N) is 4. The fourth-order valence-corrected chi connectivity index (χ4v) is 2.30. The van der Waals surface area contributed by atoms with Gasteiger partial charge < -0.3 is 9.88 Å². The maximum Gasteiger partial charge on any atom is 0.451 e. The number of aromatic nitrogens is 3. The minimum absolute atomic E-state index is 0.247. The standard InChI is InChI=1S/C12H20F3N5/c1-8(2)16-6-9(3)19-4-5-20-10(7-19)17-18-11(20)12(13,14)15/h8-9,16H,4-7H2,1-3H3. The lowest BCUT2D eigenvalue weighted by molar-refractivity contribution is -0.148. The van der Waals surface area contributed by atoms with E-state index in [1.165, 1.54) is 4.57 Å². The van der Waals surface area contributed by atoms with Crippen LogP contribution in [0.4, 0.5) is 13.2 Å². The Balaban J connectivity index is 2.03. The molecule has 0 saturated carbocycles. The van der Waals surface area contributed by atoms with Gasteiger partial charge in [-0.2, -0.15) is 13.2 Å². The van der Waals surface area contributed by atoms with Gasteiger partial charge in [-0.3, -0.25) is 4.90 Å². The van der Waals surface area contributed by atoms with Crippen LogP contribution in [0.5, 0.6) is 0 Å². The highest BCUT2D eigenvalue weighted by molar-refractivity contribution is 5.02. The van der Waals surface area contributed by atoms with Crippen molar-refractivity contribution in [2.24, 2.45) is 0 Å². The molecule has 0 spiro atoms. The molecule has 1 aromatic rings. The topological polar surface area (TPSA) is 46.0 Å². The first-order chi connectivity index (χ1) is 9.29. The number of fused-ring (bicyclic) bond motifs is 1. The highest BCUT2D eigenvalue weighted by Gasteiger charge is 2.39. The van der Waals surface area contributed by atoms with Crippen LogP contribution in [0.15, 0.2) is 0 Å². The summed E-state index contributed by atoms with van der Waals surface area (Å²) < 4.78 is 39.4. The molecule has 0 bridgehead atoms. The first kappa shape index (κ1) is 15.2. The minimum atomic E-state index is -4.43. The number of alkyl halides is 3. The SMILES string of the molecule is CC(C)NCC(C)N1CCn2c(nnc2C(F)(F)F)C1. The van der Waals surface area contributed by atoms with Gasteiger partial charge in [0.05, 0.1) is 6.54 Å². The zero-order valence-corrected chi connectivity index (χ0v) is 11.9. The van der Waals surface area contributed by atoms with Gasteiger partial charge in [-0.1, -0.05) is 13.8 Å². The van der Waals surface area contributed by atoms with Gasteiger partial charge in [-0.25, -0.2) is 0 Å². The molecule has 20 heavy (non-hydrogen) atoms. The number of halogens is 3. The highest BCUT2D eigenvalue weighted by Crippen LogP contribution is 2.29. The molecule has 1 aromatic heterocycles. The Morgan fingerprint density at radius 1 is 1.20 bits per heavy atom. The zero-order valence-electron chi connectivity index (χ0n) is 11.9. The van der Waals surface area contributed by atoms with Crippen molar-refractivity contribution in [3.05, 3.63) is 11.6 Å². The third kappa shape index (κ3) is 3.29. The summed E-state index contributed by atoms with van der Waals surface area (Å²) in [7, 11) is 0. The molecule has 8 heteroatoms. The first-order valence-electron chi connectivity index (χ1n) is 6.75. The lowest BCUT2D eigenvalue weighted by Gasteiger charge is -2.33. The number of rotatable bonds is 4. The average molecular weight is 291 g/mol. The number of hydrogen-bond donors (Lipinski definition) is 1. The summed E-state index contributed by atoms with van der Waals surface area (Å²) in [6.07, 6.45) is -4.43. The van der Waals surface area contributed by atoms with Gasteiger partial charge in [-0.05, 0) is 6.92 Å². The second kappa shape index (κ2) is 5.69. The molecule has 1 aliphatic rings. The van der Waals surface area contributed by atoms with E-state index >= 15 is 0 Å². The Morgan fingerprint density at radius 2 is 1.90 bits per heavy atom. The molecule has 0 radical (unpaired) electrons. The quantitative estimate of drug-likeness (QED) is 0.913. The van der Waals surface area contributed by atoms with Gasteiger partial charge in [0.2, 0.25) is 5.82 Å². The molecular formula is C12H20F3N5. The third-order valence-electron chi connectivity index (χ3n) is 3.48. The molecule has 114 valence electrons. The predicted octanol–water partition coefficient (Wildman–Crippen LogP) is 1.50. The second-order valence-electron chi connectivity index (χ2n) is 5.47.